The first-order valence-corrected chi connectivity index (χ1v) is 8.88. The number of nitrogens with zero attached hydrogens (tertiary/aromatic N) is 2. The predicted molar refractivity (Wildman–Crippen MR) is 103 cm³/mol. The first kappa shape index (κ1) is 19.8. The fraction of sp³-hybridized carbons (Fsp3) is 0.526. The summed E-state index contributed by atoms with van der Waals surface area (Å²) in [7, 11) is 1.61. The maximum absolute atomic E-state index is 12.5. The van der Waals surface area contributed by atoms with E-state index in [4.69, 9.17) is 0 Å². The van der Waals surface area contributed by atoms with Crippen LogP contribution in [0.2, 0.25) is 0 Å². The summed E-state index contributed by atoms with van der Waals surface area (Å²) in [5.41, 5.74) is 2.23. The highest BCUT2D eigenvalue weighted by atomic mass is 16.2. The minimum Gasteiger partial charge on any atom is -0.350 e. The quantitative estimate of drug-likeness (QED) is 0.544. The number of nitrogens with one attached hydrogen (secondary N) is 3. The van der Waals surface area contributed by atoms with Gasteiger partial charge >= 0.3 is 0 Å². The molecule has 0 bridgehead atoms. The van der Waals surface area contributed by atoms with Crippen LogP contribution in [0, 0.1) is 0 Å². The molecule has 7 nitrogen and oxygen atoms in total. The maximum atomic E-state index is 12.5. The smallest absolute Gasteiger partial charge is 0.242 e. The van der Waals surface area contributed by atoms with E-state index < -0.39 is 0 Å². The molecule has 0 saturated heterocycles. The van der Waals surface area contributed by atoms with E-state index in [1.54, 1.807) is 7.05 Å². The first-order chi connectivity index (χ1) is 12.3. The van der Waals surface area contributed by atoms with Crippen molar-refractivity contribution in [1.82, 2.24) is 20.9 Å². The third kappa shape index (κ3) is 6.06. The Labute approximate surface area is 155 Å². The summed E-state index contributed by atoms with van der Waals surface area (Å²) in [5.74, 6) is 0.320. The van der Waals surface area contributed by atoms with E-state index in [0.717, 1.165) is 13.0 Å². The number of benzene rings is 1. The Hall–Kier alpha value is -2.57. The highest BCUT2D eigenvalue weighted by Gasteiger charge is 2.20. The summed E-state index contributed by atoms with van der Waals surface area (Å²) in [6.45, 7) is 7.37. The van der Waals surface area contributed by atoms with Gasteiger partial charge in [-0.05, 0) is 38.3 Å². The number of amides is 2. The van der Waals surface area contributed by atoms with Crippen molar-refractivity contribution in [2.75, 3.05) is 26.7 Å². The molecule has 0 aromatic heterocycles. The van der Waals surface area contributed by atoms with E-state index in [1.165, 1.54) is 11.1 Å². The normalized spacial score (nSPS) is 14.5. The first-order valence-electron chi connectivity index (χ1n) is 8.88. The van der Waals surface area contributed by atoms with Gasteiger partial charge in [0.05, 0.1) is 13.1 Å². The van der Waals surface area contributed by atoms with Gasteiger partial charge in [0.1, 0.15) is 0 Å². The molecule has 0 aliphatic carbocycles. The highest BCUT2D eigenvalue weighted by molar-refractivity contribution is 5.89. The monoisotopic (exact) mass is 359 g/mol. The zero-order valence-electron chi connectivity index (χ0n) is 16.1. The molecule has 2 rings (SSSR count). The van der Waals surface area contributed by atoms with Crippen molar-refractivity contribution >= 4 is 17.8 Å². The molecule has 1 aromatic rings. The lowest BCUT2D eigenvalue weighted by Gasteiger charge is -2.29. The van der Waals surface area contributed by atoms with Gasteiger partial charge in [-0.1, -0.05) is 24.3 Å². The van der Waals surface area contributed by atoms with Gasteiger partial charge in [-0.25, -0.2) is 0 Å². The maximum Gasteiger partial charge on any atom is 0.242 e. The Morgan fingerprint density at radius 1 is 1.12 bits per heavy atom. The number of aliphatic imine (C=N–C) groups is 1. The van der Waals surface area contributed by atoms with Crippen LogP contribution >= 0.6 is 0 Å². The Bertz CT molecular complexity index is 679. The molecule has 3 N–H and O–H groups in total. The molecule has 1 aromatic carbocycles. The predicted octanol–water partition coefficient (Wildman–Crippen LogP) is 0.651. The topological polar surface area (TPSA) is 85.8 Å². The molecule has 26 heavy (non-hydrogen) atoms. The van der Waals surface area contributed by atoms with Gasteiger partial charge in [-0.15, -0.1) is 0 Å². The van der Waals surface area contributed by atoms with Crippen LogP contribution in [0.4, 0.5) is 0 Å². The molecule has 0 unspecified atom stereocenters. The number of guanidine groups is 1. The molecule has 0 saturated carbocycles. The molecular weight excluding hydrogens is 330 g/mol. The lowest BCUT2D eigenvalue weighted by molar-refractivity contribution is -0.130. The van der Waals surface area contributed by atoms with Gasteiger partial charge in [-0.3, -0.25) is 14.6 Å². The van der Waals surface area contributed by atoms with Crippen molar-refractivity contribution in [2.45, 2.75) is 39.3 Å². The minimum atomic E-state index is -0.282. The van der Waals surface area contributed by atoms with E-state index >= 15 is 0 Å². The molecule has 1 aliphatic rings. The van der Waals surface area contributed by atoms with Gasteiger partial charge in [0.25, 0.3) is 0 Å². The van der Waals surface area contributed by atoms with Crippen LogP contribution < -0.4 is 16.0 Å². The van der Waals surface area contributed by atoms with Gasteiger partial charge < -0.3 is 20.9 Å². The number of carbonyl (C=O) groups is 2. The third-order valence-corrected chi connectivity index (χ3v) is 4.04. The average molecular weight is 359 g/mol. The molecule has 0 radical (unpaired) electrons. The summed E-state index contributed by atoms with van der Waals surface area (Å²) in [6, 6.07) is 8.21. The average Bonchev–Trinajstić information content (AvgIpc) is 2.59. The molecule has 2 amide bonds. The molecule has 0 fully saturated rings. The van der Waals surface area contributed by atoms with Crippen LogP contribution in [-0.4, -0.2) is 54.9 Å². The number of carbonyl (C=O) groups excluding carboxylic acids is 2. The standard InChI is InChI=1S/C19H29N5O2/c1-19(2,3)23-16(25)11-21-18(20-4)22-12-17(26)24-10-9-14-7-5-6-8-15(14)13-24/h5-8H,9-13H2,1-4H3,(H,23,25)(H2,20,21,22). The van der Waals surface area contributed by atoms with Crippen molar-refractivity contribution in [1.29, 1.82) is 0 Å². The Kier molecular flexibility index (Phi) is 6.60. The van der Waals surface area contributed by atoms with E-state index in [2.05, 4.69) is 33.1 Å². The summed E-state index contributed by atoms with van der Waals surface area (Å²) >= 11 is 0. The van der Waals surface area contributed by atoms with Crippen LogP contribution in [0.1, 0.15) is 31.9 Å². The van der Waals surface area contributed by atoms with E-state index in [9.17, 15) is 9.59 Å². The number of rotatable bonds is 4. The SMILES string of the molecule is CN=C(NCC(=O)NC(C)(C)C)NCC(=O)N1CCc2ccccc2C1. The Balaban J connectivity index is 1.78. The van der Waals surface area contributed by atoms with Crippen molar-refractivity contribution in [3.8, 4) is 0 Å². The van der Waals surface area contributed by atoms with Crippen molar-refractivity contribution in [2.24, 2.45) is 4.99 Å². The van der Waals surface area contributed by atoms with Gasteiger partial charge in [0.2, 0.25) is 11.8 Å². The van der Waals surface area contributed by atoms with Crippen molar-refractivity contribution in [3.05, 3.63) is 35.4 Å². The number of hydrogen-bond acceptors (Lipinski definition) is 3. The summed E-state index contributed by atoms with van der Waals surface area (Å²) in [4.78, 5) is 30.2. The summed E-state index contributed by atoms with van der Waals surface area (Å²) in [5, 5.41) is 8.76. The molecule has 1 heterocycles. The van der Waals surface area contributed by atoms with E-state index in [0.29, 0.717) is 12.5 Å². The zero-order valence-corrected chi connectivity index (χ0v) is 16.1. The van der Waals surface area contributed by atoms with E-state index in [1.807, 2.05) is 37.8 Å². The van der Waals surface area contributed by atoms with Crippen LogP contribution in [0.3, 0.4) is 0 Å². The molecule has 7 heteroatoms. The summed E-state index contributed by atoms with van der Waals surface area (Å²) < 4.78 is 0. The fourth-order valence-electron chi connectivity index (χ4n) is 2.83. The van der Waals surface area contributed by atoms with Crippen molar-refractivity contribution in [3.63, 3.8) is 0 Å². The second-order valence-corrected chi connectivity index (χ2v) is 7.41. The van der Waals surface area contributed by atoms with Crippen LogP contribution in [0.5, 0.6) is 0 Å². The Morgan fingerprint density at radius 2 is 1.77 bits per heavy atom. The molecule has 142 valence electrons. The number of fused-ring (bicyclic) bond motifs is 1. The molecule has 0 atom stereocenters. The highest BCUT2D eigenvalue weighted by Crippen LogP contribution is 2.18. The Morgan fingerprint density at radius 3 is 2.42 bits per heavy atom. The second kappa shape index (κ2) is 8.69. The molecular formula is C19H29N5O2. The zero-order chi connectivity index (χ0) is 19.2. The van der Waals surface area contributed by atoms with Gasteiger partial charge in [0.15, 0.2) is 5.96 Å². The second-order valence-electron chi connectivity index (χ2n) is 7.41. The third-order valence-electron chi connectivity index (χ3n) is 4.04. The van der Waals surface area contributed by atoms with Crippen LogP contribution in [-0.2, 0) is 22.6 Å². The lowest BCUT2D eigenvalue weighted by Crippen LogP contribution is -2.50. The minimum absolute atomic E-state index is 0.0154. The van der Waals surface area contributed by atoms with E-state index in [-0.39, 0.29) is 30.4 Å². The van der Waals surface area contributed by atoms with Crippen LogP contribution in [0.25, 0.3) is 0 Å². The van der Waals surface area contributed by atoms with Crippen LogP contribution in [0.15, 0.2) is 29.3 Å². The fourth-order valence-corrected chi connectivity index (χ4v) is 2.83. The summed E-state index contributed by atoms with van der Waals surface area (Å²) in [6.07, 6.45) is 0.877. The van der Waals surface area contributed by atoms with Gasteiger partial charge in [0, 0.05) is 25.7 Å². The lowest BCUT2D eigenvalue weighted by atomic mass is 10.00. The largest absolute Gasteiger partial charge is 0.350 e. The van der Waals surface area contributed by atoms with Crippen molar-refractivity contribution < 1.29 is 9.59 Å². The van der Waals surface area contributed by atoms with Gasteiger partial charge in [-0.2, -0.15) is 0 Å². The number of hydrogen-bond donors (Lipinski definition) is 3. The molecule has 0 spiro atoms. The molecule has 1 aliphatic heterocycles.